The van der Waals surface area contributed by atoms with Crippen LogP contribution < -0.4 is 16.3 Å². The number of carbonyl (C=O) groups is 2. The number of imide groups is 1. The molecule has 4 atom stereocenters. The van der Waals surface area contributed by atoms with E-state index in [1.54, 1.807) is 43.3 Å². The van der Waals surface area contributed by atoms with Gasteiger partial charge in [-0.25, -0.2) is 37.2 Å². The fraction of sp³-hybridized carbons (Fsp3) is 0.226. The smallest absolute Gasteiger partial charge is 0.352 e. The van der Waals surface area contributed by atoms with E-state index in [0.29, 0.717) is 16.8 Å². The quantitative estimate of drug-likeness (QED) is 0.277. The average Bonchev–Trinajstić information content (AvgIpc) is 3.36. The Labute approximate surface area is 247 Å². The lowest BCUT2D eigenvalue weighted by Gasteiger charge is -2.47. The van der Waals surface area contributed by atoms with Crippen LogP contribution >= 0.6 is 11.6 Å². The van der Waals surface area contributed by atoms with Gasteiger partial charge >= 0.3 is 11.4 Å². The number of allylic oxidation sites excluding steroid dienone is 2. The Balaban J connectivity index is 1.44. The van der Waals surface area contributed by atoms with Crippen LogP contribution in [0.15, 0.2) is 88.0 Å². The van der Waals surface area contributed by atoms with Gasteiger partial charge in [-0.05, 0) is 66.9 Å². The van der Waals surface area contributed by atoms with E-state index in [-0.39, 0.29) is 23.7 Å². The Kier molecular flexibility index (Phi) is 5.90. The molecule has 7 rings (SSSR count). The molecule has 2 amide bonds. The van der Waals surface area contributed by atoms with Crippen LogP contribution in [0.3, 0.4) is 0 Å². The first-order valence-corrected chi connectivity index (χ1v) is 13.9. The molecule has 9 nitrogen and oxygen atoms in total. The Bertz CT molecular complexity index is 2020. The van der Waals surface area contributed by atoms with Gasteiger partial charge in [0.1, 0.15) is 5.82 Å². The zero-order valence-electron chi connectivity index (χ0n) is 22.6. The maximum atomic E-state index is 14.8. The number of fused-ring (bicyclic) bond motifs is 4. The van der Waals surface area contributed by atoms with Gasteiger partial charge in [-0.15, -0.1) is 0 Å². The van der Waals surface area contributed by atoms with Crippen LogP contribution in [0.4, 0.5) is 14.5 Å². The highest BCUT2D eigenvalue weighted by Crippen LogP contribution is 2.61. The summed E-state index contributed by atoms with van der Waals surface area (Å²) in [7, 11) is 0. The second-order valence-corrected chi connectivity index (χ2v) is 11.6. The second-order valence-electron chi connectivity index (χ2n) is 11.2. The number of rotatable bonds is 3. The minimum absolute atomic E-state index is 0.00300. The molecule has 0 radical (unpaired) electrons. The van der Waals surface area contributed by atoms with Crippen LogP contribution in [0.5, 0.6) is 5.75 Å². The Hall–Kier alpha value is -4.77. The van der Waals surface area contributed by atoms with Crippen LogP contribution in [-0.4, -0.2) is 30.9 Å². The highest BCUT2D eigenvalue weighted by molar-refractivity contribution is 6.31. The number of anilines is 1. The number of nitrogens with zero attached hydrogens (tertiary/aromatic N) is 4. The lowest BCUT2D eigenvalue weighted by atomic mass is 9.56. The maximum Gasteiger partial charge on any atom is 0.352 e. The number of halogens is 3. The van der Waals surface area contributed by atoms with Gasteiger partial charge in [0.25, 0.3) is 0 Å². The van der Waals surface area contributed by atoms with Crippen molar-refractivity contribution in [1.82, 2.24) is 13.9 Å². The summed E-state index contributed by atoms with van der Waals surface area (Å²) in [6.45, 7) is 1.62. The first-order valence-electron chi connectivity index (χ1n) is 13.6. The minimum Gasteiger partial charge on any atom is -0.505 e. The van der Waals surface area contributed by atoms with Crippen molar-refractivity contribution in [2.75, 3.05) is 4.90 Å². The standard InChI is InChI=1S/C31H23ClF2N4O5/c1-31-20(27(40)36(28(31)41)18-8-9-22(33)21(32)14-18)15-24-19(26(31)16-7-10-25(39)23(34)13-16)11-12-35-29(42)37(30(43)38(24)35)17-5-3-2-4-6-17/h2-11,13-14,20,24,26,39H,12,15H2,1H3/t20-,24+,26-,31+/m0/s1. The summed E-state index contributed by atoms with van der Waals surface area (Å²) >= 11 is 6.00. The molecule has 1 aliphatic carbocycles. The predicted octanol–water partition coefficient (Wildman–Crippen LogP) is 4.30. The summed E-state index contributed by atoms with van der Waals surface area (Å²) < 4.78 is 32.4. The fourth-order valence-electron chi connectivity index (χ4n) is 7.03. The van der Waals surface area contributed by atoms with Crippen molar-refractivity contribution in [1.29, 1.82) is 0 Å². The Morgan fingerprint density at radius 3 is 2.35 bits per heavy atom. The van der Waals surface area contributed by atoms with Gasteiger partial charge in [0.05, 0.1) is 40.3 Å². The molecule has 43 heavy (non-hydrogen) atoms. The normalized spacial score (nSPS) is 24.4. The number of hydrogen-bond donors (Lipinski definition) is 1. The van der Waals surface area contributed by atoms with Crippen molar-refractivity contribution in [2.24, 2.45) is 11.3 Å². The number of para-hydroxylation sites is 1. The van der Waals surface area contributed by atoms with Crippen LogP contribution in [0, 0.1) is 23.0 Å². The van der Waals surface area contributed by atoms with Gasteiger partial charge in [0.15, 0.2) is 11.6 Å². The molecule has 2 aliphatic heterocycles. The van der Waals surface area contributed by atoms with Crippen LogP contribution in [0.2, 0.25) is 5.02 Å². The predicted molar refractivity (Wildman–Crippen MR) is 152 cm³/mol. The van der Waals surface area contributed by atoms with Crippen molar-refractivity contribution >= 4 is 29.1 Å². The molecule has 2 fully saturated rings. The van der Waals surface area contributed by atoms with E-state index in [9.17, 15) is 33.1 Å². The minimum atomic E-state index is -1.46. The summed E-state index contributed by atoms with van der Waals surface area (Å²) in [5.41, 5.74) is -1.32. The van der Waals surface area contributed by atoms with Crippen LogP contribution in [0.1, 0.15) is 30.9 Å². The summed E-state index contributed by atoms with van der Waals surface area (Å²) in [4.78, 5) is 56.7. The highest BCUT2D eigenvalue weighted by atomic mass is 35.5. The third kappa shape index (κ3) is 3.67. The van der Waals surface area contributed by atoms with E-state index in [1.807, 2.05) is 0 Å². The molecular formula is C31H23ClF2N4O5. The molecule has 3 aliphatic rings. The topological polar surface area (TPSA) is 107 Å². The van der Waals surface area contributed by atoms with E-state index in [1.165, 1.54) is 33.6 Å². The third-order valence-electron chi connectivity index (χ3n) is 9.02. The summed E-state index contributed by atoms with van der Waals surface area (Å²) in [5, 5.41) is 9.65. The molecule has 1 aromatic heterocycles. The maximum absolute atomic E-state index is 14.8. The number of carbonyl (C=O) groups excluding carboxylic acids is 2. The average molecular weight is 605 g/mol. The third-order valence-corrected chi connectivity index (χ3v) is 9.31. The molecule has 1 N–H and O–H groups in total. The number of aromatic hydroxyl groups is 1. The summed E-state index contributed by atoms with van der Waals surface area (Å²) in [6, 6.07) is 14.9. The molecular weight excluding hydrogens is 582 g/mol. The van der Waals surface area contributed by atoms with Crippen molar-refractivity contribution < 1.29 is 23.5 Å². The molecule has 3 aromatic carbocycles. The van der Waals surface area contributed by atoms with Crippen molar-refractivity contribution in [3.63, 3.8) is 0 Å². The molecule has 0 spiro atoms. The number of aromatic nitrogens is 3. The first-order chi connectivity index (χ1) is 20.5. The molecule has 0 unspecified atom stereocenters. The Morgan fingerprint density at radius 1 is 0.907 bits per heavy atom. The van der Waals surface area contributed by atoms with Crippen LogP contribution in [-0.2, 0) is 16.1 Å². The van der Waals surface area contributed by atoms with Crippen molar-refractivity contribution in [2.45, 2.75) is 31.8 Å². The van der Waals surface area contributed by atoms with Crippen LogP contribution in [0.25, 0.3) is 5.69 Å². The molecule has 218 valence electrons. The van der Waals surface area contributed by atoms with Crippen molar-refractivity contribution in [3.8, 4) is 11.4 Å². The van der Waals surface area contributed by atoms with Gasteiger partial charge in [0.2, 0.25) is 11.8 Å². The lowest BCUT2D eigenvalue weighted by molar-refractivity contribution is -0.129. The SMILES string of the molecule is C[C@@]12C(=O)N(c3ccc(F)c(Cl)c3)C(=O)[C@@H]1C[C@@H]1C(=CCn3c(=O)n(-c4ccccc4)c(=O)n31)[C@@H]2c1ccc(O)c(F)c1. The van der Waals surface area contributed by atoms with E-state index >= 15 is 0 Å². The summed E-state index contributed by atoms with van der Waals surface area (Å²) in [6.07, 6.45) is 1.74. The van der Waals surface area contributed by atoms with E-state index < -0.39 is 63.9 Å². The lowest BCUT2D eigenvalue weighted by Crippen LogP contribution is -2.49. The van der Waals surface area contributed by atoms with E-state index in [4.69, 9.17) is 11.6 Å². The summed E-state index contributed by atoms with van der Waals surface area (Å²) in [5.74, 6) is -5.34. The van der Waals surface area contributed by atoms with Crippen molar-refractivity contribution in [3.05, 3.63) is 122 Å². The van der Waals surface area contributed by atoms with E-state index in [2.05, 4.69) is 0 Å². The zero-order chi connectivity index (χ0) is 30.4. The largest absolute Gasteiger partial charge is 0.505 e. The number of hydrogen-bond acceptors (Lipinski definition) is 5. The number of phenols is 1. The molecule has 4 aromatic rings. The van der Waals surface area contributed by atoms with Gasteiger partial charge in [-0.1, -0.05) is 41.9 Å². The van der Waals surface area contributed by atoms with Gasteiger partial charge in [0, 0.05) is 5.92 Å². The van der Waals surface area contributed by atoms with Gasteiger partial charge in [-0.2, -0.15) is 0 Å². The number of benzene rings is 3. The fourth-order valence-corrected chi connectivity index (χ4v) is 7.20. The molecule has 0 bridgehead atoms. The Morgan fingerprint density at radius 2 is 1.65 bits per heavy atom. The number of amides is 2. The number of phenolic OH excluding ortho intramolecular Hbond substituents is 1. The van der Waals surface area contributed by atoms with Gasteiger partial charge < -0.3 is 5.11 Å². The zero-order valence-corrected chi connectivity index (χ0v) is 23.3. The molecule has 1 saturated carbocycles. The highest BCUT2D eigenvalue weighted by Gasteiger charge is 2.65. The second kappa shape index (κ2) is 9.37. The van der Waals surface area contributed by atoms with Gasteiger partial charge in [-0.3, -0.25) is 9.59 Å². The monoisotopic (exact) mass is 604 g/mol. The molecule has 1 saturated heterocycles. The molecule has 3 heterocycles. The molecule has 12 heteroatoms. The van der Waals surface area contributed by atoms with E-state index in [0.717, 1.165) is 21.6 Å². The first kappa shape index (κ1) is 27.1.